The van der Waals surface area contributed by atoms with Gasteiger partial charge in [-0.2, -0.15) is 0 Å². The molecule has 0 aromatic rings. The zero-order valence-electron chi connectivity index (χ0n) is 11.6. The van der Waals surface area contributed by atoms with E-state index in [-0.39, 0.29) is 12.4 Å². The van der Waals surface area contributed by atoms with Crippen LogP contribution >= 0.6 is 12.4 Å². The minimum Gasteiger partial charge on any atom is -0.383 e. The molecule has 0 aromatic carbocycles. The highest BCUT2D eigenvalue weighted by Gasteiger charge is 2.28. The van der Waals surface area contributed by atoms with Crippen molar-refractivity contribution in [3.05, 3.63) is 0 Å². The van der Waals surface area contributed by atoms with Crippen molar-refractivity contribution in [2.45, 2.75) is 45.8 Å². The van der Waals surface area contributed by atoms with Crippen LogP contribution in [0.4, 0.5) is 0 Å². The Labute approximate surface area is 112 Å². The average molecular weight is 266 g/mol. The van der Waals surface area contributed by atoms with Gasteiger partial charge in [0, 0.05) is 26.3 Å². The Balaban J connectivity index is 0.00000256. The molecule has 1 rings (SSSR count). The number of nitrogens with one attached hydrogen (secondary N) is 1. The summed E-state index contributed by atoms with van der Waals surface area (Å²) < 4.78 is 11.0. The average Bonchev–Trinajstić information content (AvgIpc) is 2.27. The molecule has 1 heterocycles. The molecular weight excluding hydrogens is 238 g/mol. The standard InChI is InChI=1S/C13H27NO2.ClH/c1-10(2)13-12(6-5-7-16-13)8-14-11(3)9-15-4;/h10-14H,5-9H2,1-4H3;1H. The van der Waals surface area contributed by atoms with Crippen molar-refractivity contribution in [1.82, 2.24) is 5.32 Å². The number of hydrogen-bond donors (Lipinski definition) is 1. The lowest BCUT2D eigenvalue weighted by Crippen LogP contribution is -2.43. The first kappa shape index (κ1) is 17.2. The second kappa shape index (κ2) is 9.15. The molecule has 1 aliphatic heterocycles. The maximum Gasteiger partial charge on any atom is 0.0638 e. The number of rotatable bonds is 6. The summed E-state index contributed by atoms with van der Waals surface area (Å²) in [6, 6.07) is 0.430. The Kier molecular flexibility index (Phi) is 9.24. The summed E-state index contributed by atoms with van der Waals surface area (Å²) in [5.74, 6) is 1.28. The summed E-state index contributed by atoms with van der Waals surface area (Å²) in [5.41, 5.74) is 0. The molecule has 0 amide bonds. The summed E-state index contributed by atoms with van der Waals surface area (Å²) >= 11 is 0. The van der Waals surface area contributed by atoms with Crippen LogP contribution in [0.15, 0.2) is 0 Å². The van der Waals surface area contributed by atoms with E-state index in [0.29, 0.717) is 24.0 Å². The first-order valence-electron chi connectivity index (χ1n) is 6.49. The minimum atomic E-state index is 0. The molecule has 0 spiro atoms. The molecule has 0 radical (unpaired) electrons. The SMILES string of the molecule is COCC(C)NCC1CCCOC1C(C)C.Cl. The van der Waals surface area contributed by atoms with Gasteiger partial charge in [0.1, 0.15) is 0 Å². The second-order valence-electron chi connectivity index (χ2n) is 5.25. The van der Waals surface area contributed by atoms with Crippen LogP contribution in [0.1, 0.15) is 33.6 Å². The van der Waals surface area contributed by atoms with Gasteiger partial charge in [0.15, 0.2) is 0 Å². The fourth-order valence-corrected chi connectivity index (χ4v) is 2.48. The zero-order chi connectivity index (χ0) is 12.0. The van der Waals surface area contributed by atoms with Gasteiger partial charge in [0.25, 0.3) is 0 Å². The van der Waals surface area contributed by atoms with E-state index < -0.39 is 0 Å². The lowest BCUT2D eigenvalue weighted by atomic mass is 9.87. The number of halogens is 1. The number of ether oxygens (including phenoxy) is 2. The Morgan fingerprint density at radius 2 is 2.06 bits per heavy atom. The highest BCUT2D eigenvalue weighted by Crippen LogP contribution is 2.25. The van der Waals surface area contributed by atoms with E-state index in [1.54, 1.807) is 7.11 Å². The van der Waals surface area contributed by atoms with Crippen LogP contribution in [-0.2, 0) is 9.47 Å². The molecule has 3 nitrogen and oxygen atoms in total. The Hall–Kier alpha value is 0.170. The molecule has 0 aliphatic carbocycles. The number of hydrogen-bond acceptors (Lipinski definition) is 3. The lowest BCUT2D eigenvalue weighted by Gasteiger charge is -2.35. The van der Waals surface area contributed by atoms with Crippen LogP contribution in [0, 0.1) is 11.8 Å². The summed E-state index contributed by atoms with van der Waals surface area (Å²) in [7, 11) is 1.75. The highest BCUT2D eigenvalue weighted by molar-refractivity contribution is 5.85. The van der Waals surface area contributed by atoms with Gasteiger partial charge in [0.2, 0.25) is 0 Å². The third-order valence-electron chi connectivity index (χ3n) is 3.30. The largest absolute Gasteiger partial charge is 0.383 e. The van der Waals surface area contributed by atoms with Crippen molar-refractivity contribution in [2.75, 3.05) is 26.9 Å². The predicted octanol–water partition coefficient (Wildman–Crippen LogP) is 2.48. The van der Waals surface area contributed by atoms with E-state index in [0.717, 1.165) is 19.8 Å². The molecule has 3 unspecified atom stereocenters. The van der Waals surface area contributed by atoms with Gasteiger partial charge in [-0.1, -0.05) is 13.8 Å². The monoisotopic (exact) mass is 265 g/mol. The van der Waals surface area contributed by atoms with E-state index in [1.165, 1.54) is 12.8 Å². The van der Waals surface area contributed by atoms with Gasteiger partial charge >= 0.3 is 0 Å². The molecule has 1 aliphatic rings. The van der Waals surface area contributed by atoms with Crippen LogP contribution in [0.5, 0.6) is 0 Å². The Morgan fingerprint density at radius 1 is 1.35 bits per heavy atom. The highest BCUT2D eigenvalue weighted by atomic mass is 35.5. The molecule has 104 valence electrons. The van der Waals surface area contributed by atoms with Crippen LogP contribution in [0.2, 0.25) is 0 Å². The molecular formula is C13H28ClNO2. The van der Waals surface area contributed by atoms with Gasteiger partial charge in [0.05, 0.1) is 12.7 Å². The van der Waals surface area contributed by atoms with E-state index in [4.69, 9.17) is 9.47 Å². The van der Waals surface area contributed by atoms with Crippen molar-refractivity contribution in [2.24, 2.45) is 11.8 Å². The summed E-state index contributed by atoms with van der Waals surface area (Å²) in [4.78, 5) is 0. The summed E-state index contributed by atoms with van der Waals surface area (Å²) in [6.45, 7) is 9.43. The van der Waals surface area contributed by atoms with Gasteiger partial charge in [-0.15, -0.1) is 12.4 Å². The molecule has 0 saturated carbocycles. The van der Waals surface area contributed by atoms with Gasteiger partial charge in [-0.25, -0.2) is 0 Å². The molecule has 0 aromatic heterocycles. The van der Waals surface area contributed by atoms with Crippen LogP contribution < -0.4 is 5.32 Å². The van der Waals surface area contributed by atoms with Crippen molar-refractivity contribution >= 4 is 12.4 Å². The quantitative estimate of drug-likeness (QED) is 0.800. The molecule has 1 N–H and O–H groups in total. The first-order valence-corrected chi connectivity index (χ1v) is 6.49. The molecule has 1 fully saturated rings. The van der Waals surface area contributed by atoms with Gasteiger partial charge in [-0.05, 0) is 31.6 Å². The maximum atomic E-state index is 5.87. The third kappa shape index (κ3) is 6.05. The summed E-state index contributed by atoms with van der Waals surface area (Å²) in [5, 5.41) is 3.53. The maximum absolute atomic E-state index is 5.87. The fraction of sp³-hybridized carbons (Fsp3) is 1.00. The first-order chi connectivity index (χ1) is 7.65. The van der Waals surface area contributed by atoms with Crippen LogP contribution in [0.25, 0.3) is 0 Å². The fourth-order valence-electron chi connectivity index (χ4n) is 2.48. The lowest BCUT2D eigenvalue weighted by molar-refractivity contribution is -0.0525. The molecule has 0 bridgehead atoms. The van der Waals surface area contributed by atoms with Crippen LogP contribution in [0.3, 0.4) is 0 Å². The van der Waals surface area contributed by atoms with E-state index in [1.807, 2.05) is 0 Å². The Morgan fingerprint density at radius 3 is 2.65 bits per heavy atom. The smallest absolute Gasteiger partial charge is 0.0638 e. The van der Waals surface area contributed by atoms with E-state index in [2.05, 4.69) is 26.1 Å². The molecule has 1 saturated heterocycles. The van der Waals surface area contributed by atoms with Gasteiger partial charge < -0.3 is 14.8 Å². The predicted molar refractivity (Wildman–Crippen MR) is 73.9 cm³/mol. The zero-order valence-corrected chi connectivity index (χ0v) is 12.4. The van der Waals surface area contributed by atoms with Crippen molar-refractivity contribution < 1.29 is 9.47 Å². The van der Waals surface area contributed by atoms with Gasteiger partial charge in [-0.3, -0.25) is 0 Å². The molecule has 17 heavy (non-hydrogen) atoms. The van der Waals surface area contributed by atoms with E-state index >= 15 is 0 Å². The van der Waals surface area contributed by atoms with Crippen molar-refractivity contribution in [3.8, 4) is 0 Å². The Bertz CT molecular complexity index is 190. The second-order valence-corrected chi connectivity index (χ2v) is 5.25. The van der Waals surface area contributed by atoms with E-state index in [9.17, 15) is 0 Å². The molecule has 4 heteroatoms. The molecule has 3 atom stereocenters. The summed E-state index contributed by atoms with van der Waals surface area (Å²) in [6.07, 6.45) is 2.92. The van der Waals surface area contributed by atoms with Crippen molar-refractivity contribution in [3.63, 3.8) is 0 Å². The third-order valence-corrected chi connectivity index (χ3v) is 3.30. The normalized spacial score (nSPS) is 26.6. The number of methoxy groups -OCH3 is 1. The minimum absolute atomic E-state index is 0. The van der Waals surface area contributed by atoms with Crippen molar-refractivity contribution in [1.29, 1.82) is 0 Å². The van der Waals surface area contributed by atoms with Crippen LogP contribution in [-0.4, -0.2) is 39.0 Å². The topological polar surface area (TPSA) is 30.5 Å².